The van der Waals surface area contributed by atoms with E-state index in [2.05, 4.69) is 13.8 Å². The predicted molar refractivity (Wildman–Crippen MR) is 60.5 cm³/mol. The first kappa shape index (κ1) is 12.9. The van der Waals surface area contributed by atoms with E-state index < -0.39 is 0 Å². The fraction of sp³-hybridized carbons (Fsp3) is 1.00. The molecule has 2 N–H and O–H groups in total. The van der Waals surface area contributed by atoms with Crippen molar-refractivity contribution in [2.75, 3.05) is 7.05 Å². The molecule has 0 aromatic rings. The molecule has 1 heterocycles. The first-order chi connectivity index (χ1) is 6.60. The topological polar surface area (TPSA) is 40.5 Å². The van der Waals surface area contributed by atoms with Gasteiger partial charge in [0.25, 0.3) is 0 Å². The zero-order chi connectivity index (χ0) is 12.1. The Morgan fingerprint density at radius 2 is 1.80 bits per heavy atom. The second kappa shape index (κ2) is 3.44. The second-order valence-corrected chi connectivity index (χ2v) is 6.02. The molecule has 1 aliphatic heterocycles. The third kappa shape index (κ3) is 1.52. The van der Waals surface area contributed by atoms with E-state index >= 15 is 0 Å². The lowest BCUT2D eigenvalue weighted by Crippen LogP contribution is -2.75. The van der Waals surface area contributed by atoms with E-state index in [0.717, 1.165) is 6.42 Å². The number of quaternary nitrogens is 1. The minimum Gasteiger partial charge on any atom is -0.392 e. The van der Waals surface area contributed by atoms with Crippen LogP contribution in [0.25, 0.3) is 0 Å². The van der Waals surface area contributed by atoms with Gasteiger partial charge in [0, 0.05) is 18.8 Å². The van der Waals surface area contributed by atoms with Crippen molar-refractivity contribution < 1.29 is 15.0 Å². The van der Waals surface area contributed by atoms with E-state index in [1.165, 1.54) is 0 Å². The highest BCUT2D eigenvalue weighted by Gasteiger charge is 2.61. The minimum atomic E-state index is -0.317. The van der Waals surface area contributed by atoms with E-state index in [1.807, 2.05) is 27.8 Å². The quantitative estimate of drug-likeness (QED) is 0.659. The van der Waals surface area contributed by atoms with Crippen LogP contribution in [0.3, 0.4) is 0 Å². The largest absolute Gasteiger partial charge is 0.392 e. The van der Waals surface area contributed by atoms with Crippen molar-refractivity contribution in [3.8, 4) is 0 Å². The molecule has 15 heavy (non-hydrogen) atoms. The summed E-state index contributed by atoms with van der Waals surface area (Å²) in [6.07, 6.45) is 1.22. The monoisotopic (exact) mass is 216 g/mol. The number of likely N-dealkylation sites (tertiary alicyclic amines) is 1. The summed E-state index contributed by atoms with van der Waals surface area (Å²) in [6, 6.07) is 0. The van der Waals surface area contributed by atoms with Crippen LogP contribution in [0.15, 0.2) is 0 Å². The molecular formula is C12H26NO2+. The van der Waals surface area contributed by atoms with Crippen LogP contribution in [0.1, 0.15) is 47.5 Å². The van der Waals surface area contributed by atoms with Crippen LogP contribution >= 0.6 is 0 Å². The van der Waals surface area contributed by atoms with Crippen molar-refractivity contribution >= 4 is 0 Å². The Labute approximate surface area is 93.3 Å². The summed E-state index contributed by atoms with van der Waals surface area (Å²) in [5, 5.41) is 20.8. The van der Waals surface area contributed by atoms with Gasteiger partial charge in [-0.25, -0.2) is 5.21 Å². The summed E-state index contributed by atoms with van der Waals surface area (Å²) < 4.78 is -0.00523. The summed E-state index contributed by atoms with van der Waals surface area (Å²) in [4.78, 5) is 0. The van der Waals surface area contributed by atoms with Crippen molar-refractivity contribution in [3.63, 3.8) is 0 Å². The normalized spacial score (nSPS) is 50.4. The third-order valence-electron chi connectivity index (χ3n) is 5.28. The van der Waals surface area contributed by atoms with Gasteiger partial charge in [-0.05, 0) is 20.8 Å². The SMILES string of the molecule is CCC1(C)CC(O)C(C)C(C)(C)[N+]1(C)O. The predicted octanol–water partition coefficient (Wildman–Crippen LogP) is 2.17. The third-order valence-corrected chi connectivity index (χ3v) is 5.28. The molecule has 3 heteroatoms. The molecule has 0 amide bonds. The van der Waals surface area contributed by atoms with Crippen molar-refractivity contribution in [2.24, 2.45) is 5.92 Å². The lowest BCUT2D eigenvalue weighted by molar-refractivity contribution is -1.16. The first-order valence-electron chi connectivity index (χ1n) is 5.87. The van der Waals surface area contributed by atoms with Crippen LogP contribution in [-0.2, 0) is 0 Å². The highest BCUT2D eigenvalue weighted by molar-refractivity contribution is 4.93. The number of hydrogen-bond donors (Lipinski definition) is 2. The van der Waals surface area contributed by atoms with E-state index in [9.17, 15) is 10.3 Å². The summed E-state index contributed by atoms with van der Waals surface area (Å²) in [6.45, 7) is 10.2. The zero-order valence-electron chi connectivity index (χ0n) is 10.9. The average Bonchev–Trinajstić information content (AvgIpc) is 2.13. The summed E-state index contributed by atoms with van der Waals surface area (Å²) in [5.74, 6) is 0.104. The Morgan fingerprint density at radius 3 is 2.20 bits per heavy atom. The molecule has 1 aliphatic rings. The number of nitrogens with zero attached hydrogens (tertiary/aromatic N) is 1. The molecule has 90 valence electrons. The van der Waals surface area contributed by atoms with Crippen LogP contribution in [-0.4, -0.2) is 39.2 Å². The number of hydroxylamine groups is 3. The minimum absolute atomic E-state index is 0.00523. The maximum absolute atomic E-state index is 10.7. The molecule has 4 atom stereocenters. The van der Waals surface area contributed by atoms with Gasteiger partial charge in [0.2, 0.25) is 0 Å². The van der Waals surface area contributed by atoms with E-state index in [4.69, 9.17) is 0 Å². The number of aliphatic hydroxyl groups excluding tert-OH is 1. The lowest BCUT2D eigenvalue weighted by Gasteiger charge is -2.58. The Morgan fingerprint density at radius 1 is 1.33 bits per heavy atom. The fourth-order valence-electron chi connectivity index (χ4n) is 2.82. The standard InChI is InChI=1S/C12H26NO2/c1-7-12(5)8-10(14)9(2)11(3,4)13(12,6)15/h9-10,14-15H,7-8H2,1-6H3/q+1. The maximum Gasteiger partial charge on any atom is 0.128 e. The number of rotatable bonds is 1. The Kier molecular flexibility index (Phi) is 2.97. The van der Waals surface area contributed by atoms with Gasteiger partial charge in [0.15, 0.2) is 0 Å². The van der Waals surface area contributed by atoms with Crippen molar-refractivity contribution in [1.29, 1.82) is 0 Å². The molecule has 0 aliphatic carbocycles. The maximum atomic E-state index is 10.7. The molecule has 0 bridgehead atoms. The Bertz CT molecular complexity index is 243. The molecule has 0 aromatic heterocycles. The lowest BCUT2D eigenvalue weighted by atomic mass is 9.69. The van der Waals surface area contributed by atoms with E-state index in [0.29, 0.717) is 6.42 Å². The average molecular weight is 216 g/mol. The van der Waals surface area contributed by atoms with Gasteiger partial charge in [-0.1, -0.05) is 13.8 Å². The van der Waals surface area contributed by atoms with Gasteiger partial charge in [-0.15, -0.1) is 0 Å². The van der Waals surface area contributed by atoms with Gasteiger partial charge in [-0.3, -0.25) is 0 Å². The molecule has 0 spiro atoms. The second-order valence-electron chi connectivity index (χ2n) is 6.02. The van der Waals surface area contributed by atoms with Crippen molar-refractivity contribution in [3.05, 3.63) is 0 Å². The van der Waals surface area contributed by atoms with E-state index in [-0.39, 0.29) is 27.7 Å². The van der Waals surface area contributed by atoms with Crippen LogP contribution in [0, 0.1) is 5.92 Å². The van der Waals surface area contributed by atoms with Crippen molar-refractivity contribution in [2.45, 2.75) is 64.6 Å². The van der Waals surface area contributed by atoms with Crippen LogP contribution < -0.4 is 0 Å². The van der Waals surface area contributed by atoms with Crippen molar-refractivity contribution in [1.82, 2.24) is 0 Å². The molecule has 0 radical (unpaired) electrons. The van der Waals surface area contributed by atoms with E-state index in [1.54, 1.807) is 0 Å². The van der Waals surface area contributed by atoms with Crippen LogP contribution in [0.5, 0.6) is 0 Å². The highest BCUT2D eigenvalue weighted by Crippen LogP contribution is 2.47. The van der Waals surface area contributed by atoms with Gasteiger partial charge < -0.3 is 5.11 Å². The zero-order valence-corrected chi connectivity index (χ0v) is 10.9. The molecule has 1 fully saturated rings. The van der Waals surface area contributed by atoms with Crippen LogP contribution in [0.2, 0.25) is 0 Å². The molecule has 3 nitrogen and oxygen atoms in total. The summed E-state index contributed by atoms with van der Waals surface area (Å²) in [5.41, 5.74) is -0.572. The smallest absolute Gasteiger partial charge is 0.128 e. The molecule has 1 rings (SSSR count). The first-order valence-corrected chi connectivity index (χ1v) is 5.87. The Balaban J connectivity index is 3.19. The Hall–Kier alpha value is -0.120. The fourth-order valence-corrected chi connectivity index (χ4v) is 2.82. The van der Waals surface area contributed by atoms with Crippen LogP contribution in [0.4, 0.5) is 0 Å². The number of piperidine rings is 1. The van der Waals surface area contributed by atoms with Gasteiger partial charge in [-0.2, -0.15) is 4.65 Å². The number of hydrogen-bond acceptors (Lipinski definition) is 2. The molecule has 0 aromatic carbocycles. The molecule has 0 saturated carbocycles. The molecule has 4 unspecified atom stereocenters. The van der Waals surface area contributed by atoms with Gasteiger partial charge in [0.05, 0.1) is 13.2 Å². The number of aliphatic hydroxyl groups is 1. The van der Waals surface area contributed by atoms with Gasteiger partial charge in [0.1, 0.15) is 11.1 Å². The molecule has 1 saturated heterocycles. The highest BCUT2D eigenvalue weighted by atomic mass is 16.6. The summed E-state index contributed by atoms with van der Waals surface area (Å²) >= 11 is 0. The summed E-state index contributed by atoms with van der Waals surface area (Å²) in [7, 11) is 1.87. The molecular weight excluding hydrogens is 190 g/mol. The van der Waals surface area contributed by atoms with Gasteiger partial charge >= 0.3 is 0 Å².